The molecule has 0 fully saturated rings. The summed E-state index contributed by atoms with van der Waals surface area (Å²) in [6.07, 6.45) is 5.76. The van der Waals surface area contributed by atoms with Crippen LogP contribution in [0.15, 0.2) is 61.2 Å². The van der Waals surface area contributed by atoms with Crippen LogP contribution >= 0.6 is 0 Å². The van der Waals surface area contributed by atoms with E-state index < -0.39 is 12.5 Å². The monoisotopic (exact) mass is 348 g/mol. The van der Waals surface area contributed by atoms with Crippen molar-refractivity contribution in [3.05, 3.63) is 61.2 Å². The summed E-state index contributed by atoms with van der Waals surface area (Å²) in [5.41, 5.74) is -0.220. The largest absolute Gasteiger partial charge is 0.371 e. The summed E-state index contributed by atoms with van der Waals surface area (Å²) in [5, 5.41) is 20.1. The maximum absolute atomic E-state index is 10.1. The lowest BCUT2D eigenvalue weighted by atomic mass is 9.96. The van der Waals surface area contributed by atoms with E-state index in [0.717, 1.165) is 0 Å². The van der Waals surface area contributed by atoms with Gasteiger partial charge in [-0.05, 0) is 0 Å². The van der Waals surface area contributed by atoms with Gasteiger partial charge in [-0.1, -0.05) is 26.0 Å². The van der Waals surface area contributed by atoms with Crippen molar-refractivity contribution in [1.29, 1.82) is 0 Å². The number of aliphatic hydroxyl groups excluding tert-OH is 2. The van der Waals surface area contributed by atoms with E-state index in [4.69, 9.17) is 9.47 Å². The lowest BCUT2D eigenvalue weighted by Crippen LogP contribution is -2.42. The molecule has 25 heavy (non-hydrogen) atoms. The molecule has 2 rings (SSSR count). The molecule has 0 amide bonds. The minimum absolute atomic E-state index is 0.209. The summed E-state index contributed by atoms with van der Waals surface area (Å²) in [7, 11) is 0. The molecular weight excluding hydrogens is 320 g/mol. The fraction of sp³-hybridized carbons (Fsp3) is 0.474. The van der Waals surface area contributed by atoms with Crippen LogP contribution in [0.25, 0.3) is 0 Å². The fourth-order valence-electron chi connectivity index (χ4n) is 2.32. The van der Waals surface area contributed by atoms with E-state index in [-0.39, 0.29) is 18.6 Å². The molecule has 0 saturated carbocycles. The van der Waals surface area contributed by atoms with E-state index in [1.165, 1.54) is 0 Å². The van der Waals surface area contributed by atoms with Crippen LogP contribution in [0.1, 0.15) is 26.3 Å². The predicted molar refractivity (Wildman–Crippen MR) is 91.2 cm³/mol. The van der Waals surface area contributed by atoms with Crippen LogP contribution in [0.3, 0.4) is 0 Å². The van der Waals surface area contributed by atoms with Gasteiger partial charge in [0.15, 0.2) is 24.8 Å². The Morgan fingerprint density at radius 1 is 0.720 bits per heavy atom. The third kappa shape index (κ3) is 6.88. The number of rotatable bonds is 10. The Morgan fingerprint density at radius 2 is 1.08 bits per heavy atom. The predicted octanol–water partition coefficient (Wildman–Crippen LogP) is 1.00. The van der Waals surface area contributed by atoms with Gasteiger partial charge in [-0.15, -0.1) is 0 Å². The van der Waals surface area contributed by atoms with Crippen molar-refractivity contribution < 1.29 is 28.8 Å². The smallest absolute Gasteiger partial charge is 0.283 e. The maximum Gasteiger partial charge on any atom is 0.283 e. The Labute approximate surface area is 148 Å². The minimum Gasteiger partial charge on any atom is -0.371 e. The molecule has 2 unspecified atom stereocenters. The molecule has 2 aromatic rings. The van der Waals surface area contributed by atoms with Gasteiger partial charge in [0, 0.05) is 29.7 Å². The van der Waals surface area contributed by atoms with Crippen LogP contribution in [0, 0.1) is 5.41 Å². The number of hydrogen-bond donors (Lipinski definition) is 2. The van der Waals surface area contributed by atoms with Crippen LogP contribution in [0.2, 0.25) is 0 Å². The number of aromatic nitrogens is 2. The summed E-state index contributed by atoms with van der Waals surface area (Å²) in [6, 6.07) is 11.2. The Balaban J connectivity index is 1.67. The standard InChI is InChI=1S/C19H28N2O4/c1-19(2,15-24-13-17(22)20-9-5-3-6-10-20)16-25-14-18(23)21-11-7-4-8-12-21/h3-12,17-18,22-23H,13-16H2,1-2H3/q+2. The third-order valence-corrected chi connectivity index (χ3v) is 3.68. The second-order valence-corrected chi connectivity index (χ2v) is 6.80. The molecule has 136 valence electrons. The Morgan fingerprint density at radius 3 is 1.44 bits per heavy atom. The van der Waals surface area contributed by atoms with Crippen LogP contribution in [0.4, 0.5) is 0 Å². The normalized spacial score (nSPS) is 14.2. The lowest BCUT2D eigenvalue weighted by molar-refractivity contribution is -0.761. The van der Waals surface area contributed by atoms with Crippen molar-refractivity contribution in [1.82, 2.24) is 0 Å². The Bertz CT molecular complexity index is 554. The van der Waals surface area contributed by atoms with Crippen LogP contribution in [0.5, 0.6) is 0 Å². The molecule has 0 bridgehead atoms. The quantitative estimate of drug-likeness (QED) is 0.629. The first-order valence-corrected chi connectivity index (χ1v) is 8.41. The molecule has 0 aliphatic heterocycles. The highest BCUT2D eigenvalue weighted by atomic mass is 16.5. The number of nitrogens with zero attached hydrogens (tertiary/aromatic N) is 2. The Hall–Kier alpha value is -1.86. The van der Waals surface area contributed by atoms with Gasteiger partial charge >= 0.3 is 0 Å². The SMILES string of the molecule is CC(C)(COCC(O)[n+]1ccccc1)COCC(O)[n+]1ccccc1. The molecule has 0 spiro atoms. The zero-order chi connectivity index (χ0) is 18.1. The first-order chi connectivity index (χ1) is 12.0. The average Bonchev–Trinajstić information content (AvgIpc) is 2.62. The van der Waals surface area contributed by atoms with Crippen LogP contribution in [-0.2, 0) is 9.47 Å². The van der Waals surface area contributed by atoms with Gasteiger partial charge in [-0.3, -0.25) is 0 Å². The van der Waals surface area contributed by atoms with Gasteiger partial charge in [-0.2, -0.15) is 9.13 Å². The number of ether oxygens (including phenoxy) is 2. The molecular formula is C19H28N2O4+2. The van der Waals surface area contributed by atoms with Crippen molar-refractivity contribution in [3.63, 3.8) is 0 Å². The highest BCUT2D eigenvalue weighted by Gasteiger charge is 2.23. The molecule has 0 aliphatic carbocycles. The maximum atomic E-state index is 10.1. The molecule has 0 radical (unpaired) electrons. The summed E-state index contributed by atoms with van der Waals surface area (Å²) in [4.78, 5) is 0. The molecule has 2 N–H and O–H groups in total. The molecule has 6 heteroatoms. The van der Waals surface area contributed by atoms with Crippen molar-refractivity contribution in [2.75, 3.05) is 26.4 Å². The molecule has 6 nitrogen and oxygen atoms in total. The number of aliphatic hydroxyl groups is 2. The van der Waals surface area contributed by atoms with E-state index in [2.05, 4.69) is 0 Å². The Kier molecular flexibility index (Phi) is 7.46. The summed E-state index contributed by atoms with van der Waals surface area (Å²) < 4.78 is 14.7. The van der Waals surface area contributed by atoms with E-state index in [0.29, 0.717) is 13.2 Å². The summed E-state index contributed by atoms with van der Waals surface area (Å²) >= 11 is 0. The molecule has 0 aliphatic rings. The van der Waals surface area contributed by atoms with Gasteiger partial charge in [0.05, 0.1) is 13.2 Å². The molecule has 2 atom stereocenters. The van der Waals surface area contributed by atoms with Crippen molar-refractivity contribution >= 4 is 0 Å². The van der Waals surface area contributed by atoms with Gasteiger partial charge in [0.1, 0.15) is 13.2 Å². The lowest BCUT2D eigenvalue weighted by Gasteiger charge is -2.24. The first-order valence-electron chi connectivity index (χ1n) is 8.41. The van der Waals surface area contributed by atoms with Crippen LogP contribution in [-0.4, -0.2) is 36.6 Å². The van der Waals surface area contributed by atoms with E-state index in [1.54, 1.807) is 33.9 Å². The zero-order valence-electron chi connectivity index (χ0n) is 14.9. The van der Waals surface area contributed by atoms with Crippen molar-refractivity contribution in [3.8, 4) is 0 Å². The van der Waals surface area contributed by atoms with Gasteiger partial charge in [0.2, 0.25) is 0 Å². The third-order valence-electron chi connectivity index (χ3n) is 3.68. The van der Waals surface area contributed by atoms with Gasteiger partial charge in [0.25, 0.3) is 12.5 Å². The molecule has 2 aromatic heterocycles. The van der Waals surface area contributed by atoms with E-state index in [1.807, 2.05) is 50.2 Å². The minimum atomic E-state index is -0.714. The molecule has 0 saturated heterocycles. The van der Waals surface area contributed by atoms with Gasteiger partial charge in [-0.25, -0.2) is 0 Å². The van der Waals surface area contributed by atoms with E-state index >= 15 is 0 Å². The topological polar surface area (TPSA) is 66.7 Å². The second-order valence-electron chi connectivity index (χ2n) is 6.80. The summed E-state index contributed by atoms with van der Waals surface area (Å²) in [6.45, 7) is 5.37. The fourth-order valence-corrected chi connectivity index (χ4v) is 2.32. The molecule has 2 heterocycles. The summed E-state index contributed by atoms with van der Waals surface area (Å²) in [5.74, 6) is 0. The van der Waals surface area contributed by atoms with Crippen molar-refractivity contribution in [2.45, 2.75) is 26.3 Å². The van der Waals surface area contributed by atoms with Crippen molar-refractivity contribution in [2.24, 2.45) is 5.41 Å². The number of pyridine rings is 2. The second kappa shape index (κ2) is 9.58. The highest BCUT2D eigenvalue weighted by molar-refractivity contribution is 4.84. The van der Waals surface area contributed by atoms with E-state index in [9.17, 15) is 10.2 Å². The zero-order valence-corrected chi connectivity index (χ0v) is 14.9. The number of hydrogen-bond acceptors (Lipinski definition) is 4. The van der Waals surface area contributed by atoms with Crippen LogP contribution < -0.4 is 9.13 Å². The first kappa shape index (κ1) is 19.5. The average molecular weight is 348 g/mol. The van der Waals surface area contributed by atoms with Gasteiger partial charge < -0.3 is 19.7 Å². The highest BCUT2D eigenvalue weighted by Crippen LogP contribution is 2.16. The molecule has 0 aromatic carbocycles.